The second-order valence-corrected chi connectivity index (χ2v) is 5.44. The van der Waals surface area contributed by atoms with Gasteiger partial charge in [0.1, 0.15) is 11.6 Å². The van der Waals surface area contributed by atoms with Crippen molar-refractivity contribution in [2.45, 2.75) is 26.5 Å². The number of aliphatic hydroxyl groups is 1. The Kier molecular flexibility index (Phi) is 5.22. The van der Waals surface area contributed by atoms with E-state index in [1.165, 1.54) is 0 Å². The number of rotatable bonds is 7. The lowest BCUT2D eigenvalue weighted by Gasteiger charge is -2.14. The second-order valence-electron chi connectivity index (χ2n) is 5.44. The highest BCUT2D eigenvalue weighted by atomic mass is 16.5. The van der Waals surface area contributed by atoms with Crippen LogP contribution in [-0.2, 0) is 6.54 Å². The van der Waals surface area contributed by atoms with Crippen LogP contribution < -0.4 is 10.1 Å². The van der Waals surface area contributed by atoms with Gasteiger partial charge in [-0.25, -0.2) is 0 Å². The van der Waals surface area contributed by atoms with Gasteiger partial charge < -0.3 is 15.2 Å². The van der Waals surface area contributed by atoms with Crippen molar-refractivity contribution in [2.24, 2.45) is 5.92 Å². The van der Waals surface area contributed by atoms with Crippen LogP contribution in [0.1, 0.15) is 19.4 Å². The fourth-order valence-corrected chi connectivity index (χ4v) is 1.91. The molecule has 0 bridgehead atoms. The third kappa shape index (κ3) is 4.49. The maximum atomic E-state index is 9.77. The summed E-state index contributed by atoms with van der Waals surface area (Å²) in [7, 11) is 1.66. The fraction of sp³-hybridized carbons (Fsp3) is 0.438. The molecule has 5 heteroatoms. The minimum absolute atomic E-state index is 0.235. The summed E-state index contributed by atoms with van der Waals surface area (Å²) in [4.78, 5) is 0. The number of nitrogens with zero attached hydrogens (tertiary/aromatic N) is 2. The number of methoxy groups -OCH3 is 1. The van der Waals surface area contributed by atoms with Crippen molar-refractivity contribution in [1.82, 2.24) is 9.78 Å². The number of nitrogens with one attached hydrogen (secondary N) is 1. The van der Waals surface area contributed by atoms with Gasteiger partial charge in [0, 0.05) is 18.8 Å². The predicted octanol–water partition coefficient (Wildman–Crippen LogP) is 2.37. The second kappa shape index (κ2) is 7.13. The molecule has 21 heavy (non-hydrogen) atoms. The Morgan fingerprint density at radius 3 is 2.57 bits per heavy atom. The van der Waals surface area contributed by atoms with Crippen LogP contribution in [0.5, 0.6) is 5.75 Å². The van der Waals surface area contributed by atoms with Crippen LogP contribution in [0.4, 0.5) is 5.82 Å². The largest absolute Gasteiger partial charge is 0.497 e. The Labute approximate surface area is 125 Å². The van der Waals surface area contributed by atoms with Crippen molar-refractivity contribution >= 4 is 5.82 Å². The molecule has 0 saturated carbocycles. The third-order valence-electron chi connectivity index (χ3n) is 3.41. The van der Waals surface area contributed by atoms with E-state index in [2.05, 4.69) is 10.4 Å². The summed E-state index contributed by atoms with van der Waals surface area (Å²) >= 11 is 0. The van der Waals surface area contributed by atoms with Crippen molar-refractivity contribution in [3.05, 3.63) is 42.1 Å². The first-order valence-electron chi connectivity index (χ1n) is 7.17. The maximum Gasteiger partial charge on any atom is 0.148 e. The summed E-state index contributed by atoms with van der Waals surface area (Å²) < 4.78 is 7.01. The van der Waals surface area contributed by atoms with Crippen LogP contribution >= 0.6 is 0 Å². The van der Waals surface area contributed by atoms with E-state index in [0.717, 1.165) is 17.1 Å². The van der Waals surface area contributed by atoms with Gasteiger partial charge in [-0.2, -0.15) is 5.10 Å². The van der Waals surface area contributed by atoms with Crippen molar-refractivity contribution in [3.8, 4) is 5.75 Å². The molecule has 1 heterocycles. The van der Waals surface area contributed by atoms with Gasteiger partial charge in [0.05, 0.1) is 19.8 Å². The lowest BCUT2D eigenvalue weighted by atomic mass is 10.1. The van der Waals surface area contributed by atoms with E-state index in [9.17, 15) is 5.11 Å². The summed E-state index contributed by atoms with van der Waals surface area (Å²) in [5.74, 6) is 1.87. The number of aromatic nitrogens is 2. The highest BCUT2D eigenvalue weighted by molar-refractivity contribution is 5.33. The minimum atomic E-state index is -0.364. The molecule has 2 rings (SSSR count). The first-order chi connectivity index (χ1) is 10.1. The number of hydrogen-bond donors (Lipinski definition) is 2. The molecule has 0 aliphatic carbocycles. The van der Waals surface area contributed by atoms with E-state index < -0.39 is 0 Å². The lowest BCUT2D eigenvalue weighted by Crippen LogP contribution is -2.24. The molecular weight excluding hydrogens is 266 g/mol. The molecule has 0 spiro atoms. The van der Waals surface area contributed by atoms with Gasteiger partial charge in [-0.15, -0.1) is 0 Å². The average molecular weight is 289 g/mol. The molecule has 1 aromatic carbocycles. The van der Waals surface area contributed by atoms with E-state index in [4.69, 9.17) is 4.74 Å². The molecule has 0 fully saturated rings. The molecule has 2 N–H and O–H groups in total. The molecule has 1 aromatic heterocycles. The molecule has 0 amide bonds. The first-order valence-corrected chi connectivity index (χ1v) is 7.17. The van der Waals surface area contributed by atoms with Gasteiger partial charge in [0.2, 0.25) is 0 Å². The summed E-state index contributed by atoms with van der Waals surface area (Å²) in [6, 6.07) is 9.84. The number of anilines is 1. The third-order valence-corrected chi connectivity index (χ3v) is 3.41. The Morgan fingerprint density at radius 1 is 1.24 bits per heavy atom. The monoisotopic (exact) mass is 289 g/mol. The molecule has 114 valence electrons. The summed E-state index contributed by atoms with van der Waals surface area (Å²) in [6.07, 6.45) is 1.56. The maximum absolute atomic E-state index is 9.77. The van der Waals surface area contributed by atoms with Crippen molar-refractivity contribution in [3.63, 3.8) is 0 Å². The van der Waals surface area contributed by atoms with Gasteiger partial charge in [-0.1, -0.05) is 26.0 Å². The Hall–Kier alpha value is -2.01. The molecule has 0 radical (unpaired) electrons. The molecule has 0 aliphatic heterocycles. The SMILES string of the molecule is COc1ccc(Cn2ccc(NCC(O)C(C)C)n2)cc1. The van der Waals surface area contributed by atoms with E-state index >= 15 is 0 Å². The number of benzene rings is 1. The summed E-state index contributed by atoms with van der Waals surface area (Å²) in [6.45, 7) is 5.21. The van der Waals surface area contributed by atoms with E-state index in [1.807, 2.05) is 55.1 Å². The molecule has 1 atom stereocenters. The first kappa shape index (κ1) is 15.4. The van der Waals surface area contributed by atoms with Gasteiger partial charge >= 0.3 is 0 Å². The zero-order chi connectivity index (χ0) is 15.2. The van der Waals surface area contributed by atoms with Gasteiger partial charge in [0.25, 0.3) is 0 Å². The van der Waals surface area contributed by atoms with Crippen molar-refractivity contribution in [2.75, 3.05) is 19.0 Å². The van der Waals surface area contributed by atoms with Crippen LogP contribution in [0.2, 0.25) is 0 Å². The van der Waals surface area contributed by atoms with Crippen LogP contribution in [0.15, 0.2) is 36.5 Å². The van der Waals surface area contributed by atoms with E-state index in [0.29, 0.717) is 13.1 Å². The van der Waals surface area contributed by atoms with E-state index in [1.54, 1.807) is 7.11 Å². The minimum Gasteiger partial charge on any atom is -0.497 e. The van der Waals surface area contributed by atoms with Crippen LogP contribution in [0.25, 0.3) is 0 Å². The standard InChI is InChI=1S/C16H23N3O2/c1-12(2)15(20)10-17-16-8-9-19(18-16)11-13-4-6-14(21-3)7-5-13/h4-9,12,15,20H,10-11H2,1-3H3,(H,17,18). The normalized spacial score (nSPS) is 12.4. The molecular formula is C16H23N3O2. The van der Waals surface area contributed by atoms with E-state index in [-0.39, 0.29) is 12.0 Å². The molecule has 5 nitrogen and oxygen atoms in total. The lowest BCUT2D eigenvalue weighted by molar-refractivity contribution is 0.138. The smallest absolute Gasteiger partial charge is 0.148 e. The molecule has 0 saturated heterocycles. The van der Waals surface area contributed by atoms with Crippen molar-refractivity contribution in [1.29, 1.82) is 0 Å². The van der Waals surface area contributed by atoms with Gasteiger partial charge in [0.15, 0.2) is 0 Å². The Balaban J connectivity index is 1.90. The summed E-state index contributed by atoms with van der Waals surface area (Å²) in [5, 5.41) is 17.4. The number of ether oxygens (including phenoxy) is 1. The Morgan fingerprint density at radius 2 is 1.95 bits per heavy atom. The number of hydrogen-bond acceptors (Lipinski definition) is 4. The van der Waals surface area contributed by atoms with Crippen LogP contribution in [0.3, 0.4) is 0 Å². The Bertz CT molecular complexity index is 549. The zero-order valence-electron chi connectivity index (χ0n) is 12.8. The molecule has 2 aromatic rings. The quantitative estimate of drug-likeness (QED) is 0.821. The topological polar surface area (TPSA) is 59.3 Å². The zero-order valence-corrected chi connectivity index (χ0v) is 12.8. The van der Waals surface area contributed by atoms with Gasteiger partial charge in [-0.3, -0.25) is 4.68 Å². The molecule has 1 unspecified atom stereocenters. The number of aliphatic hydroxyl groups excluding tert-OH is 1. The molecule has 0 aliphatic rings. The van der Waals surface area contributed by atoms with Crippen LogP contribution in [0, 0.1) is 5.92 Å². The predicted molar refractivity (Wildman–Crippen MR) is 83.7 cm³/mol. The summed E-state index contributed by atoms with van der Waals surface area (Å²) in [5.41, 5.74) is 1.16. The van der Waals surface area contributed by atoms with Gasteiger partial charge in [-0.05, 0) is 23.6 Å². The van der Waals surface area contributed by atoms with Crippen LogP contribution in [-0.4, -0.2) is 34.6 Å². The average Bonchev–Trinajstić information content (AvgIpc) is 2.93. The fourth-order valence-electron chi connectivity index (χ4n) is 1.91. The highest BCUT2D eigenvalue weighted by Gasteiger charge is 2.09. The van der Waals surface area contributed by atoms with Crippen molar-refractivity contribution < 1.29 is 9.84 Å². The highest BCUT2D eigenvalue weighted by Crippen LogP contribution is 2.13.